The van der Waals surface area contributed by atoms with Crippen LogP contribution in [0.5, 0.6) is 0 Å². The van der Waals surface area contributed by atoms with E-state index in [1.165, 1.54) is 12.1 Å². The van der Waals surface area contributed by atoms with Gasteiger partial charge in [-0.15, -0.1) is 0 Å². The van der Waals surface area contributed by atoms with Crippen molar-refractivity contribution in [3.05, 3.63) is 34.3 Å². The Morgan fingerprint density at radius 2 is 1.67 bits per heavy atom. The van der Waals surface area contributed by atoms with Crippen LogP contribution in [0.3, 0.4) is 0 Å². The van der Waals surface area contributed by atoms with Crippen LogP contribution in [-0.4, -0.2) is 39.0 Å². The van der Waals surface area contributed by atoms with E-state index >= 15 is 0 Å². The largest absolute Gasteiger partial charge is 0.467 e. The van der Waals surface area contributed by atoms with E-state index in [-0.39, 0.29) is 5.56 Å². The fourth-order valence-corrected chi connectivity index (χ4v) is 2.95. The van der Waals surface area contributed by atoms with Crippen molar-refractivity contribution in [2.75, 3.05) is 21.3 Å². The van der Waals surface area contributed by atoms with E-state index < -0.39 is 25.3 Å². The van der Waals surface area contributed by atoms with Crippen molar-refractivity contribution in [3.63, 3.8) is 0 Å². The summed E-state index contributed by atoms with van der Waals surface area (Å²) in [4.78, 5) is 23.8. The molecule has 0 saturated heterocycles. The van der Waals surface area contributed by atoms with E-state index in [9.17, 15) is 14.2 Å². The molecular weight excluding hydrogens is 365 g/mol. The molecule has 0 aliphatic heterocycles. The van der Waals surface area contributed by atoms with Gasteiger partial charge in [0, 0.05) is 24.3 Å². The van der Waals surface area contributed by atoms with Crippen molar-refractivity contribution < 1.29 is 27.9 Å². The molecule has 1 N–H and O–H groups in total. The number of hydrogen-bond acceptors (Lipinski definition) is 6. The van der Waals surface area contributed by atoms with Crippen LogP contribution in [0.2, 0.25) is 0 Å². The van der Waals surface area contributed by atoms with Crippen LogP contribution >= 0.6 is 23.5 Å². The zero-order chi connectivity index (χ0) is 16.0. The van der Waals surface area contributed by atoms with Crippen LogP contribution in [0.1, 0.15) is 10.4 Å². The first-order chi connectivity index (χ1) is 9.87. The maximum absolute atomic E-state index is 12.3. The predicted molar refractivity (Wildman–Crippen MR) is 79.0 cm³/mol. The first-order valence-electron chi connectivity index (χ1n) is 5.73. The molecule has 0 aromatic heterocycles. The maximum Gasteiger partial charge on any atom is 0.363 e. The van der Waals surface area contributed by atoms with Gasteiger partial charge in [-0.05, 0) is 24.3 Å². The van der Waals surface area contributed by atoms with E-state index in [0.29, 0.717) is 0 Å². The minimum Gasteiger partial charge on any atom is -0.467 e. The lowest BCUT2D eigenvalue weighted by Crippen LogP contribution is -2.42. The molecule has 1 aromatic carbocycles. The highest BCUT2D eigenvalue weighted by Gasteiger charge is 2.42. The summed E-state index contributed by atoms with van der Waals surface area (Å²) in [6.45, 7) is 0. The zero-order valence-corrected chi connectivity index (χ0v) is 14.1. The highest BCUT2D eigenvalue weighted by molar-refractivity contribution is 9.10. The summed E-state index contributed by atoms with van der Waals surface area (Å²) in [6, 6.07) is 6.40. The highest BCUT2D eigenvalue weighted by Crippen LogP contribution is 2.50. The predicted octanol–water partition coefficient (Wildman–Crippen LogP) is 2.16. The Morgan fingerprint density at radius 1 is 1.14 bits per heavy atom. The van der Waals surface area contributed by atoms with Crippen molar-refractivity contribution in [3.8, 4) is 0 Å². The fourth-order valence-electron chi connectivity index (χ4n) is 1.47. The second-order valence-corrected chi connectivity index (χ2v) is 7.05. The summed E-state index contributed by atoms with van der Waals surface area (Å²) in [7, 11) is -0.522. The van der Waals surface area contributed by atoms with Gasteiger partial charge in [-0.1, -0.05) is 15.9 Å². The molecule has 1 atom stereocenters. The highest BCUT2D eigenvalue weighted by atomic mass is 79.9. The van der Waals surface area contributed by atoms with Crippen LogP contribution in [0, 0.1) is 0 Å². The van der Waals surface area contributed by atoms with Crippen LogP contribution in [0.25, 0.3) is 0 Å². The average Bonchev–Trinajstić information content (AvgIpc) is 2.51. The molecule has 1 amide bonds. The normalized spacial score (nSPS) is 12.6. The molecular formula is C12H15BrNO6P. The van der Waals surface area contributed by atoms with Crippen LogP contribution < -0.4 is 5.32 Å². The first kappa shape index (κ1) is 17.8. The Morgan fingerprint density at radius 3 is 2.10 bits per heavy atom. The molecule has 0 saturated carbocycles. The van der Waals surface area contributed by atoms with Crippen molar-refractivity contribution in [1.82, 2.24) is 5.32 Å². The SMILES string of the molecule is COC(=O)C(NC(=O)c1ccc(Br)cc1)P(=O)(OC)OC. The Kier molecular flexibility index (Phi) is 6.54. The number of esters is 1. The lowest BCUT2D eigenvalue weighted by atomic mass is 10.2. The molecule has 0 bridgehead atoms. The number of halogens is 1. The molecule has 1 rings (SSSR count). The molecule has 21 heavy (non-hydrogen) atoms. The number of methoxy groups -OCH3 is 1. The van der Waals surface area contributed by atoms with Crippen molar-refractivity contribution in [2.45, 2.75) is 5.78 Å². The van der Waals surface area contributed by atoms with E-state index in [1.807, 2.05) is 0 Å². The Hall–Kier alpha value is -1.21. The standard InChI is InChI=1S/C12H15BrNO6P/c1-18-12(16)11(21(17,19-2)20-3)14-10(15)8-4-6-9(13)7-5-8/h4-7,11H,1-3H3,(H,14,15). The smallest absolute Gasteiger partial charge is 0.363 e. The van der Waals surface area contributed by atoms with Gasteiger partial charge in [0.2, 0.25) is 5.78 Å². The molecule has 9 heteroatoms. The number of carbonyl (C=O) groups excluding carboxylic acids is 2. The van der Waals surface area contributed by atoms with Crippen LogP contribution in [-0.2, 0) is 23.1 Å². The lowest BCUT2D eigenvalue weighted by Gasteiger charge is -2.23. The number of amides is 1. The minimum absolute atomic E-state index is 0.283. The van der Waals surface area contributed by atoms with Crippen LogP contribution in [0.4, 0.5) is 0 Å². The Balaban J connectivity index is 3.01. The maximum atomic E-state index is 12.3. The zero-order valence-electron chi connectivity index (χ0n) is 11.7. The van der Waals surface area contributed by atoms with Gasteiger partial charge in [-0.25, -0.2) is 4.79 Å². The van der Waals surface area contributed by atoms with Gasteiger partial charge < -0.3 is 19.1 Å². The molecule has 0 heterocycles. The van der Waals surface area contributed by atoms with E-state index in [2.05, 4.69) is 26.0 Å². The molecule has 0 radical (unpaired) electrons. The van der Waals surface area contributed by atoms with E-state index in [0.717, 1.165) is 25.8 Å². The van der Waals surface area contributed by atoms with E-state index in [4.69, 9.17) is 9.05 Å². The summed E-state index contributed by atoms with van der Waals surface area (Å²) in [6.07, 6.45) is 0. The topological polar surface area (TPSA) is 90.9 Å². The monoisotopic (exact) mass is 379 g/mol. The summed E-state index contributed by atoms with van der Waals surface area (Å²) in [5.41, 5.74) is 0.283. The molecule has 0 fully saturated rings. The van der Waals surface area contributed by atoms with E-state index in [1.54, 1.807) is 12.1 Å². The fraction of sp³-hybridized carbons (Fsp3) is 0.333. The van der Waals surface area contributed by atoms with Gasteiger partial charge in [-0.2, -0.15) is 0 Å². The second-order valence-electron chi connectivity index (χ2n) is 3.81. The number of ether oxygens (including phenoxy) is 1. The summed E-state index contributed by atoms with van der Waals surface area (Å²) in [5.74, 6) is -3.08. The number of carbonyl (C=O) groups is 2. The number of benzene rings is 1. The summed E-state index contributed by atoms with van der Waals surface area (Å²) in [5, 5.41) is 2.30. The molecule has 116 valence electrons. The number of rotatable bonds is 6. The quantitative estimate of drug-likeness (QED) is 0.601. The number of hydrogen-bond donors (Lipinski definition) is 1. The van der Waals surface area contributed by atoms with Gasteiger partial charge >= 0.3 is 13.6 Å². The summed E-state index contributed by atoms with van der Waals surface area (Å²) >= 11 is 3.24. The molecule has 0 aliphatic carbocycles. The first-order valence-corrected chi connectivity index (χ1v) is 8.14. The Bertz CT molecular complexity index is 553. The minimum atomic E-state index is -3.86. The molecule has 0 spiro atoms. The second kappa shape index (κ2) is 7.70. The molecule has 7 nitrogen and oxygen atoms in total. The van der Waals surface area contributed by atoms with Gasteiger partial charge in [0.25, 0.3) is 5.91 Å². The Labute approximate surface area is 130 Å². The van der Waals surface area contributed by atoms with Crippen molar-refractivity contribution >= 4 is 35.4 Å². The average molecular weight is 380 g/mol. The van der Waals surface area contributed by atoms with Gasteiger partial charge in [0.05, 0.1) is 7.11 Å². The molecule has 1 aromatic rings. The summed E-state index contributed by atoms with van der Waals surface area (Å²) < 4.78 is 27.1. The van der Waals surface area contributed by atoms with Crippen LogP contribution in [0.15, 0.2) is 28.7 Å². The van der Waals surface area contributed by atoms with Gasteiger partial charge in [0.15, 0.2) is 0 Å². The number of nitrogens with one attached hydrogen (secondary N) is 1. The lowest BCUT2D eigenvalue weighted by molar-refractivity contribution is -0.141. The van der Waals surface area contributed by atoms with Gasteiger partial charge in [0.1, 0.15) is 0 Å². The van der Waals surface area contributed by atoms with Gasteiger partial charge in [-0.3, -0.25) is 9.36 Å². The molecule has 0 aliphatic rings. The van der Waals surface area contributed by atoms with Crippen molar-refractivity contribution in [1.29, 1.82) is 0 Å². The third-order valence-corrected chi connectivity index (χ3v) is 5.14. The molecule has 1 unspecified atom stereocenters. The third kappa shape index (κ3) is 4.38. The third-order valence-electron chi connectivity index (χ3n) is 2.62. The van der Waals surface area contributed by atoms with Crippen molar-refractivity contribution in [2.24, 2.45) is 0 Å².